The fourth-order valence-corrected chi connectivity index (χ4v) is 3.14. The van der Waals surface area contributed by atoms with E-state index >= 15 is 0 Å². The minimum atomic E-state index is -3.38. The average molecular weight is 262 g/mol. The molecule has 0 saturated heterocycles. The molecule has 1 unspecified atom stereocenters. The molecular weight excluding hydrogens is 240 g/mol. The van der Waals surface area contributed by atoms with Gasteiger partial charge in [0.1, 0.15) is 0 Å². The maximum atomic E-state index is 11.5. The van der Waals surface area contributed by atoms with Crippen LogP contribution in [-0.2, 0) is 14.8 Å². The largest absolute Gasteiger partial charge is 0.330 e. The first kappa shape index (κ1) is 14.4. The van der Waals surface area contributed by atoms with Crippen LogP contribution in [0, 0.1) is 5.92 Å². The zero-order valence-electron chi connectivity index (χ0n) is 10.3. The first-order valence-corrected chi connectivity index (χ1v) is 7.78. The average Bonchev–Trinajstić information content (AvgIpc) is 3.07. The molecule has 0 aromatic carbocycles. The number of hydrogen-bond donors (Lipinski definition) is 2. The third-order valence-corrected chi connectivity index (χ3v) is 5.01. The molecule has 3 N–H and O–H groups in total. The standard InChI is InChI=1S/C11H22N2O3S/c1-2-9(7-8-12)3-6-11(14)13-17(15,16)10-4-5-10/h9-10H,2-8,12H2,1H3,(H,13,14). The van der Waals surface area contributed by atoms with Crippen LogP contribution < -0.4 is 10.5 Å². The Labute approximate surface area is 103 Å². The molecule has 1 amide bonds. The van der Waals surface area contributed by atoms with Gasteiger partial charge >= 0.3 is 0 Å². The smallest absolute Gasteiger partial charge is 0.237 e. The Balaban J connectivity index is 2.29. The van der Waals surface area contributed by atoms with E-state index in [-0.39, 0.29) is 17.6 Å². The predicted molar refractivity (Wildman–Crippen MR) is 66.8 cm³/mol. The molecule has 0 bridgehead atoms. The van der Waals surface area contributed by atoms with Crippen LogP contribution in [0.3, 0.4) is 0 Å². The Hall–Kier alpha value is -0.620. The van der Waals surface area contributed by atoms with Gasteiger partial charge in [-0.1, -0.05) is 13.3 Å². The number of carbonyl (C=O) groups is 1. The minimum Gasteiger partial charge on any atom is -0.330 e. The molecule has 1 saturated carbocycles. The van der Waals surface area contributed by atoms with E-state index in [2.05, 4.69) is 11.6 Å². The summed E-state index contributed by atoms with van der Waals surface area (Å²) in [4.78, 5) is 11.5. The second kappa shape index (κ2) is 6.35. The van der Waals surface area contributed by atoms with Crippen molar-refractivity contribution in [1.82, 2.24) is 4.72 Å². The van der Waals surface area contributed by atoms with Crippen LogP contribution in [0.25, 0.3) is 0 Å². The predicted octanol–water partition coefficient (Wildman–Crippen LogP) is 0.750. The van der Waals surface area contributed by atoms with Gasteiger partial charge in [0.05, 0.1) is 5.25 Å². The molecule has 0 aromatic heterocycles. The third-order valence-electron chi connectivity index (χ3n) is 3.15. The van der Waals surface area contributed by atoms with E-state index in [9.17, 15) is 13.2 Å². The number of nitrogens with one attached hydrogen (secondary N) is 1. The monoisotopic (exact) mass is 262 g/mol. The Morgan fingerprint density at radius 3 is 2.53 bits per heavy atom. The first-order valence-electron chi connectivity index (χ1n) is 6.24. The number of carbonyl (C=O) groups excluding carboxylic acids is 1. The lowest BCUT2D eigenvalue weighted by molar-refractivity contribution is -0.119. The van der Waals surface area contributed by atoms with E-state index in [1.165, 1.54) is 0 Å². The highest BCUT2D eigenvalue weighted by Gasteiger charge is 2.36. The lowest BCUT2D eigenvalue weighted by atomic mass is 9.97. The van der Waals surface area contributed by atoms with E-state index in [0.29, 0.717) is 31.7 Å². The maximum absolute atomic E-state index is 11.5. The number of sulfonamides is 1. The van der Waals surface area contributed by atoms with Gasteiger partial charge in [0.25, 0.3) is 0 Å². The normalized spacial score (nSPS) is 17.8. The summed E-state index contributed by atoms with van der Waals surface area (Å²) in [6.07, 6.45) is 4.18. The summed E-state index contributed by atoms with van der Waals surface area (Å²) < 4.78 is 25.1. The number of amides is 1. The highest BCUT2D eigenvalue weighted by atomic mass is 32.2. The van der Waals surface area contributed by atoms with Crippen LogP contribution in [0.2, 0.25) is 0 Å². The molecule has 1 atom stereocenters. The van der Waals surface area contributed by atoms with E-state index in [4.69, 9.17) is 5.73 Å². The van der Waals surface area contributed by atoms with E-state index in [1.54, 1.807) is 0 Å². The van der Waals surface area contributed by atoms with Crippen molar-refractivity contribution in [2.45, 2.75) is 50.7 Å². The fraction of sp³-hybridized carbons (Fsp3) is 0.909. The Morgan fingerprint density at radius 1 is 1.41 bits per heavy atom. The molecule has 0 radical (unpaired) electrons. The topological polar surface area (TPSA) is 89.3 Å². The SMILES string of the molecule is CCC(CCN)CCC(=O)NS(=O)(=O)C1CC1. The second-order valence-electron chi connectivity index (χ2n) is 4.66. The molecular formula is C11H22N2O3S. The molecule has 0 heterocycles. The van der Waals surface area contributed by atoms with Gasteiger partial charge in [0, 0.05) is 6.42 Å². The van der Waals surface area contributed by atoms with Gasteiger partial charge in [-0.15, -0.1) is 0 Å². The van der Waals surface area contributed by atoms with Crippen molar-refractivity contribution in [3.05, 3.63) is 0 Å². The zero-order chi connectivity index (χ0) is 12.9. The molecule has 1 aliphatic rings. The summed E-state index contributed by atoms with van der Waals surface area (Å²) in [5, 5.41) is -0.336. The van der Waals surface area contributed by atoms with Crippen LogP contribution in [0.1, 0.15) is 45.4 Å². The van der Waals surface area contributed by atoms with Crippen LogP contribution in [-0.4, -0.2) is 26.1 Å². The Morgan fingerprint density at radius 2 is 2.06 bits per heavy atom. The molecule has 6 heteroatoms. The van der Waals surface area contributed by atoms with Gasteiger partial charge in [0.2, 0.25) is 15.9 Å². The molecule has 0 spiro atoms. The molecule has 0 aromatic rings. The Kier molecular flexibility index (Phi) is 5.39. The van der Waals surface area contributed by atoms with Gasteiger partial charge in [0.15, 0.2) is 0 Å². The number of rotatable bonds is 8. The molecule has 1 rings (SSSR count). The molecule has 0 aliphatic heterocycles. The number of nitrogens with two attached hydrogens (primary N) is 1. The van der Waals surface area contributed by atoms with Crippen LogP contribution in [0.5, 0.6) is 0 Å². The summed E-state index contributed by atoms with van der Waals surface area (Å²) >= 11 is 0. The molecule has 1 fully saturated rings. The summed E-state index contributed by atoms with van der Waals surface area (Å²) in [6.45, 7) is 2.67. The van der Waals surface area contributed by atoms with Gasteiger partial charge in [-0.05, 0) is 38.1 Å². The summed E-state index contributed by atoms with van der Waals surface area (Å²) in [5.41, 5.74) is 5.46. The quantitative estimate of drug-likeness (QED) is 0.675. The van der Waals surface area contributed by atoms with Crippen molar-refractivity contribution in [1.29, 1.82) is 0 Å². The molecule has 100 valence electrons. The fourth-order valence-electron chi connectivity index (χ4n) is 1.79. The third kappa shape index (κ3) is 5.04. The van der Waals surface area contributed by atoms with E-state index in [1.807, 2.05) is 0 Å². The second-order valence-corrected chi connectivity index (χ2v) is 6.62. The van der Waals surface area contributed by atoms with Gasteiger partial charge in [-0.3, -0.25) is 9.52 Å². The minimum absolute atomic E-state index is 0.268. The van der Waals surface area contributed by atoms with Crippen LogP contribution in [0.4, 0.5) is 0 Å². The van der Waals surface area contributed by atoms with Crippen molar-refractivity contribution < 1.29 is 13.2 Å². The highest BCUT2D eigenvalue weighted by Crippen LogP contribution is 2.27. The van der Waals surface area contributed by atoms with Gasteiger partial charge < -0.3 is 5.73 Å². The van der Waals surface area contributed by atoms with Gasteiger partial charge in [-0.2, -0.15) is 0 Å². The van der Waals surface area contributed by atoms with Crippen molar-refractivity contribution >= 4 is 15.9 Å². The highest BCUT2D eigenvalue weighted by molar-refractivity contribution is 7.90. The molecule has 17 heavy (non-hydrogen) atoms. The zero-order valence-corrected chi connectivity index (χ0v) is 11.1. The van der Waals surface area contributed by atoms with E-state index < -0.39 is 10.0 Å². The van der Waals surface area contributed by atoms with Gasteiger partial charge in [-0.25, -0.2) is 8.42 Å². The summed E-state index contributed by atoms with van der Waals surface area (Å²) in [7, 11) is -3.38. The summed E-state index contributed by atoms with van der Waals surface area (Å²) in [5.74, 6) is 0.0294. The van der Waals surface area contributed by atoms with Crippen molar-refractivity contribution in [2.24, 2.45) is 11.7 Å². The lowest BCUT2D eigenvalue weighted by Crippen LogP contribution is -2.33. The molecule has 5 nitrogen and oxygen atoms in total. The van der Waals surface area contributed by atoms with Crippen molar-refractivity contribution in [3.63, 3.8) is 0 Å². The van der Waals surface area contributed by atoms with Crippen molar-refractivity contribution in [3.8, 4) is 0 Å². The summed E-state index contributed by atoms with van der Waals surface area (Å²) in [6, 6.07) is 0. The van der Waals surface area contributed by atoms with Crippen LogP contribution in [0.15, 0.2) is 0 Å². The van der Waals surface area contributed by atoms with E-state index in [0.717, 1.165) is 12.8 Å². The molecule has 1 aliphatic carbocycles. The Bertz CT molecular complexity index is 350. The number of hydrogen-bond acceptors (Lipinski definition) is 4. The van der Waals surface area contributed by atoms with Crippen LogP contribution >= 0.6 is 0 Å². The maximum Gasteiger partial charge on any atom is 0.237 e. The van der Waals surface area contributed by atoms with Crippen molar-refractivity contribution in [2.75, 3.05) is 6.54 Å². The lowest BCUT2D eigenvalue weighted by Gasteiger charge is -2.13. The first-order chi connectivity index (χ1) is 7.99.